The monoisotopic (exact) mass is 221 g/mol. The SMILES string of the molecule is CC(C)Cn1cnc2c(C(N)O)ncnc21. The minimum Gasteiger partial charge on any atom is -0.373 e. The van der Waals surface area contributed by atoms with Crippen LogP contribution in [0.1, 0.15) is 25.8 Å². The first kappa shape index (κ1) is 11.0. The zero-order valence-electron chi connectivity index (χ0n) is 9.33. The summed E-state index contributed by atoms with van der Waals surface area (Å²) < 4.78 is 1.94. The van der Waals surface area contributed by atoms with E-state index >= 15 is 0 Å². The van der Waals surface area contributed by atoms with Gasteiger partial charge in [0.15, 0.2) is 5.65 Å². The molecule has 0 aromatic carbocycles. The van der Waals surface area contributed by atoms with E-state index < -0.39 is 6.23 Å². The van der Waals surface area contributed by atoms with E-state index in [1.807, 2.05) is 4.57 Å². The molecule has 0 bridgehead atoms. The first-order valence-electron chi connectivity index (χ1n) is 5.19. The fourth-order valence-electron chi connectivity index (χ4n) is 1.64. The molecule has 1 atom stereocenters. The minimum absolute atomic E-state index is 0.368. The lowest BCUT2D eigenvalue weighted by Crippen LogP contribution is -2.12. The van der Waals surface area contributed by atoms with E-state index in [4.69, 9.17) is 5.73 Å². The Morgan fingerprint density at radius 2 is 2.12 bits per heavy atom. The maximum Gasteiger partial charge on any atom is 0.163 e. The quantitative estimate of drug-likeness (QED) is 0.734. The maximum atomic E-state index is 9.35. The van der Waals surface area contributed by atoms with Gasteiger partial charge in [-0.25, -0.2) is 15.0 Å². The number of nitrogens with two attached hydrogens (primary N) is 1. The molecule has 2 rings (SSSR count). The largest absolute Gasteiger partial charge is 0.373 e. The molecule has 3 N–H and O–H groups in total. The van der Waals surface area contributed by atoms with Gasteiger partial charge in [0, 0.05) is 6.54 Å². The number of hydrogen-bond acceptors (Lipinski definition) is 5. The van der Waals surface area contributed by atoms with E-state index in [9.17, 15) is 5.11 Å². The van der Waals surface area contributed by atoms with Crippen molar-refractivity contribution in [2.45, 2.75) is 26.6 Å². The Morgan fingerprint density at radius 1 is 1.38 bits per heavy atom. The number of hydrogen-bond donors (Lipinski definition) is 2. The smallest absolute Gasteiger partial charge is 0.163 e. The highest BCUT2D eigenvalue weighted by Gasteiger charge is 2.14. The fraction of sp³-hybridized carbons (Fsp3) is 0.500. The lowest BCUT2D eigenvalue weighted by molar-refractivity contribution is 0.183. The van der Waals surface area contributed by atoms with Gasteiger partial charge < -0.3 is 15.4 Å². The highest BCUT2D eigenvalue weighted by Crippen LogP contribution is 2.17. The van der Waals surface area contributed by atoms with Crippen molar-refractivity contribution in [3.63, 3.8) is 0 Å². The van der Waals surface area contributed by atoms with E-state index in [1.54, 1.807) is 6.33 Å². The zero-order valence-corrected chi connectivity index (χ0v) is 9.33. The number of fused-ring (bicyclic) bond motifs is 1. The molecule has 6 heteroatoms. The van der Waals surface area contributed by atoms with Crippen molar-refractivity contribution < 1.29 is 5.11 Å². The van der Waals surface area contributed by atoms with Gasteiger partial charge in [-0.15, -0.1) is 0 Å². The van der Waals surface area contributed by atoms with Gasteiger partial charge in [0.25, 0.3) is 0 Å². The van der Waals surface area contributed by atoms with E-state index in [0.717, 1.165) is 6.54 Å². The van der Waals surface area contributed by atoms with E-state index in [-0.39, 0.29) is 0 Å². The van der Waals surface area contributed by atoms with Crippen LogP contribution in [0.25, 0.3) is 11.2 Å². The fourth-order valence-corrected chi connectivity index (χ4v) is 1.64. The summed E-state index contributed by atoms with van der Waals surface area (Å²) in [6.45, 7) is 5.06. The van der Waals surface area contributed by atoms with Gasteiger partial charge in [0.05, 0.1) is 6.33 Å². The molecule has 16 heavy (non-hydrogen) atoms. The van der Waals surface area contributed by atoms with Crippen LogP contribution in [-0.4, -0.2) is 24.6 Å². The number of rotatable bonds is 3. The van der Waals surface area contributed by atoms with Crippen molar-refractivity contribution in [1.29, 1.82) is 0 Å². The third-order valence-electron chi connectivity index (χ3n) is 2.27. The lowest BCUT2D eigenvalue weighted by Gasteiger charge is -2.07. The number of imidazole rings is 1. The van der Waals surface area contributed by atoms with Crippen LogP contribution in [0.2, 0.25) is 0 Å². The molecular formula is C10H15N5O. The Balaban J connectivity index is 2.52. The van der Waals surface area contributed by atoms with Crippen molar-refractivity contribution >= 4 is 11.2 Å². The maximum absolute atomic E-state index is 9.35. The minimum atomic E-state index is -1.12. The molecule has 2 heterocycles. The first-order chi connectivity index (χ1) is 7.59. The standard InChI is InChI=1S/C10H15N5O/c1-6(2)3-15-5-14-8-7(9(11)16)12-4-13-10(8)15/h4-6,9,16H,3,11H2,1-2H3. The van der Waals surface area contributed by atoms with Gasteiger partial charge in [-0.3, -0.25) is 0 Å². The van der Waals surface area contributed by atoms with Crippen LogP contribution < -0.4 is 5.73 Å². The normalized spacial score (nSPS) is 13.6. The highest BCUT2D eigenvalue weighted by atomic mass is 16.3. The van der Waals surface area contributed by atoms with Crippen LogP contribution in [0, 0.1) is 5.92 Å². The second-order valence-corrected chi connectivity index (χ2v) is 4.17. The zero-order chi connectivity index (χ0) is 11.7. The van der Waals surface area contributed by atoms with Gasteiger partial charge in [0.1, 0.15) is 23.8 Å². The molecule has 2 aromatic rings. The summed E-state index contributed by atoms with van der Waals surface area (Å²) >= 11 is 0. The molecule has 86 valence electrons. The molecule has 0 aliphatic heterocycles. The molecule has 0 aliphatic rings. The third-order valence-corrected chi connectivity index (χ3v) is 2.27. The Labute approximate surface area is 93.1 Å². The van der Waals surface area contributed by atoms with Crippen LogP contribution in [0.3, 0.4) is 0 Å². The summed E-state index contributed by atoms with van der Waals surface area (Å²) in [7, 11) is 0. The Morgan fingerprint density at radius 3 is 2.75 bits per heavy atom. The second-order valence-electron chi connectivity index (χ2n) is 4.17. The molecule has 0 radical (unpaired) electrons. The number of aliphatic hydroxyl groups is 1. The number of aliphatic hydroxyl groups excluding tert-OH is 1. The molecule has 0 aliphatic carbocycles. The van der Waals surface area contributed by atoms with Crippen LogP contribution in [0.5, 0.6) is 0 Å². The van der Waals surface area contributed by atoms with Gasteiger partial charge in [-0.2, -0.15) is 0 Å². The van der Waals surface area contributed by atoms with E-state index in [2.05, 4.69) is 28.8 Å². The predicted molar refractivity (Wildman–Crippen MR) is 59.3 cm³/mol. The average molecular weight is 221 g/mol. The van der Waals surface area contributed by atoms with E-state index in [0.29, 0.717) is 22.8 Å². The molecule has 0 spiro atoms. The Hall–Kier alpha value is -1.53. The van der Waals surface area contributed by atoms with Crippen molar-refractivity contribution in [2.75, 3.05) is 0 Å². The summed E-state index contributed by atoms with van der Waals surface area (Å²) in [5.41, 5.74) is 7.05. The van der Waals surface area contributed by atoms with Crippen molar-refractivity contribution in [3.05, 3.63) is 18.3 Å². The molecule has 0 amide bonds. The van der Waals surface area contributed by atoms with Crippen molar-refractivity contribution in [2.24, 2.45) is 11.7 Å². The highest BCUT2D eigenvalue weighted by molar-refractivity contribution is 5.73. The summed E-state index contributed by atoms with van der Waals surface area (Å²) in [6.07, 6.45) is 1.98. The summed E-state index contributed by atoms with van der Waals surface area (Å²) in [5, 5.41) is 9.35. The van der Waals surface area contributed by atoms with Crippen LogP contribution in [0.4, 0.5) is 0 Å². The van der Waals surface area contributed by atoms with E-state index in [1.165, 1.54) is 6.33 Å². The summed E-state index contributed by atoms with van der Waals surface area (Å²) in [5.74, 6) is 0.499. The first-order valence-corrected chi connectivity index (χ1v) is 5.19. The van der Waals surface area contributed by atoms with Crippen LogP contribution in [-0.2, 0) is 6.54 Å². The average Bonchev–Trinajstić information content (AvgIpc) is 2.60. The Bertz CT molecular complexity index is 491. The molecule has 0 saturated carbocycles. The van der Waals surface area contributed by atoms with Crippen molar-refractivity contribution in [3.8, 4) is 0 Å². The van der Waals surface area contributed by atoms with Crippen LogP contribution in [0.15, 0.2) is 12.7 Å². The third kappa shape index (κ3) is 1.89. The van der Waals surface area contributed by atoms with Crippen molar-refractivity contribution in [1.82, 2.24) is 19.5 Å². The molecule has 1 unspecified atom stereocenters. The van der Waals surface area contributed by atoms with Gasteiger partial charge in [-0.05, 0) is 5.92 Å². The second kappa shape index (κ2) is 4.15. The molecule has 0 saturated heterocycles. The summed E-state index contributed by atoms with van der Waals surface area (Å²) in [6, 6.07) is 0. The topological polar surface area (TPSA) is 89.9 Å². The molecule has 6 nitrogen and oxygen atoms in total. The summed E-state index contributed by atoms with van der Waals surface area (Å²) in [4.78, 5) is 12.3. The molecular weight excluding hydrogens is 206 g/mol. The number of aromatic nitrogens is 4. The Kier molecular flexibility index (Phi) is 2.84. The predicted octanol–water partition coefficient (Wildman–Crippen LogP) is 0.432. The molecule has 2 aromatic heterocycles. The molecule has 0 fully saturated rings. The number of nitrogens with zero attached hydrogens (tertiary/aromatic N) is 4. The van der Waals surface area contributed by atoms with Crippen LogP contribution >= 0.6 is 0 Å². The van der Waals surface area contributed by atoms with Gasteiger partial charge >= 0.3 is 0 Å². The lowest BCUT2D eigenvalue weighted by atomic mass is 10.2. The van der Waals surface area contributed by atoms with Gasteiger partial charge in [0.2, 0.25) is 0 Å². The van der Waals surface area contributed by atoms with Gasteiger partial charge in [-0.1, -0.05) is 13.8 Å².